The Morgan fingerprint density at radius 2 is 2.12 bits per heavy atom. The average Bonchev–Trinajstić information content (AvgIpc) is 2.28. The molecule has 0 saturated heterocycles. The third-order valence-electron chi connectivity index (χ3n) is 2.04. The first kappa shape index (κ1) is 14.0. The van der Waals surface area contributed by atoms with Crippen molar-refractivity contribution in [2.75, 3.05) is 24.7 Å². The Bertz CT molecular complexity index is 537. The highest BCUT2D eigenvalue weighted by Gasteiger charge is 2.06. The summed E-state index contributed by atoms with van der Waals surface area (Å²) in [6.45, 7) is 0.282. The topological polar surface area (TPSA) is 82.0 Å². The van der Waals surface area contributed by atoms with Gasteiger partial charge in [0.1, 0.15) is 0 Å². The molecule has 0 radical (unpaired) electrons. The predicted molar refractivity (Wildman–Crippen MR) is 70.2 cm³/mol. The zero-order valence-corrected chi connectivity index (χ0v) is 11.6. The highest BCUT2D eigenvalue weighted by atomic mass is 79.9. The molecule has 1 aromatic carbocycles. The minimum absolute atomic E-state index is 0.0160. The van der Waals surface area contributed by atoms with Gasteiger partial charge in [-0.3, -0.25) is 0 Å². The van der Waals surface area contributed by atoms with E-state index < -0.39 is 10.0 Å². The van der Waals surface area contributed by atoms with Gasteiger partial charge in [-0.25, -0.2) is 13.1 Å². The lowest BCUT2D eigenvalue weighted by Crippen LogP contribution is -2.26. The normalized spacial score (nSPS) is 10.9. The molecule has 0 heterocycles. The van der Waals surface area contributed by atoms with Crippen LogP contribution in [0.4, 0.5) is 5.69 Å². The molecule has 2 N–H and O–H groups in total. The summed E-state index contributed by atoms with van der Waals surface area (Å²) in [7, 11) is -1.83. The molecule has 17 heavy (non-hydrogen) atoms. The zero-order valence-electron chi connectivity index (χ0n) is 9.20. The van der Waals surface area contributed by atoms with Crippen LogP contribution in [0.5, 0.6) is 0 Å². The van der Waals surface area contributed by atoms with Gasteiger partial charge in [-0.05, 0) is 25.2 Å². The summed E-state index contributed by atoms with van der Waals surface area (Å²) in [5.41, 5.74) is 1.22. The zero-order chi connectivity index (χ0) is 12.9. The number of halogens is 1. The van der Waals surface area contributed by atoms with E-state index in [0.29, 0.717) is 11.3 Å². The van der Waals surface area contributed by atoms with Crippen molar-refractivity contribution in [3.8, 4) is 6.07 Å². The molecule has 5 nitrogen and oxygen atoms in total. The van der Waals surface area contributed by atoms with Crippen molar-refractivity contribution in [2.45, 2.75) is 0 Å². The van der Waals surface area contributed by atoms with Crippen molar-refractivity contribution in [2.24, 2.45) is 0 Å². The van der Waals surface area contributed by atoms with E-state index >= 15 is 0 Å². The third-order valence-corrected chi connectivity index (χ3v) is 3.86. The third kappa shape index (κ3) is 4.73. The largest absolute Gasteiger partial charge is 0.384 e. The van der Waals surface area contributed by atoms with Gasteiger partial charge in [0.25, 0.3) is 0 Å². The van der Waals surface area contributed by atoms with Crippen LogP contribution in [0.2, 0.25) is 0 Å². The lowest BCUT2D eigenvalue weighted by molar-refractivity contribution is 0.588. The predicted octanol–water partition coefficient (Wildman–Crippen LogP) is 1.28. The summed E-state index contributed by atoms with van der Waals surface area (Å²) in [6.07, 6.45) is 0. The molecule has 0 unspecified atom stereocenters. The summed E-state index contributed by atoms with van der Waals surface area (Å²) in [5, 5.41) is 11.7. The van der Waals surface area contributed by atoms with Crippen LogP contribution in [0.25, 0.3) is 0 Å². The van der Waals surface area contributed by atoms with Crippen molar-refractivity contribution in [3.63, 3.8) is 0 Å². The van der Waals surface area contributed by atoms with E-state index in [1.165, 1.54) is 7.05 Å². The molecular weight excluding hydrogens is 306 g/mol. The molecule has 7 heteroatoms. The Balaban J connectivity index is 2.65. The van der Waals surface area contributed by atoms with Crippen LogP contribution >= 0.6 is 15.9 Å². The fourth-order valence-electron chi connectivity index (χ4n) is 1.19. The van der Waals surface area contributed by atoms with E-state index in [1.54, 1.807) is 18.2 Å². The number of nitriles is 1. The highest BCUT2D eigenvalue weighted by molar-refractivity contribution is 9.10. The van der Waals surface area contributed by atoms with Gasteiger partial charge < -0.3 is 5.32 Å². The first-order chi connectivity index (χ1) is 7.96. The fourth-order valence-corrected chi connectivity index (χ4v) is 2.26. The van der Waals surface area contributed by atoms with E-state index in [9.17, 15) is 8.42 Å². The average molecular weight is 318 g/mol. The molecule has 1 rings (SSSR count). The highest BCUT2D eigenvalue weighted by Crippen LogP contribution is 2.18. The monoisotopic (exact) mass is 317 g/mol. The van der Waals surface area contributed by atoms with Crippen LogP contribution in [-0.2, 0) is 10.0 Å². The van der Waals surface area contributed by atoms with Crippen molar-refractivity contribution in [1.82, 2.24) is 4.72 Å². The van der Waals surface area contributed by atoms with E-state index in [4.69, 9.17) is 5.26 Å². The standard InChI is InChI=1S/C10H12BrN3O2S/c1-13-17(15,16)3-2-14-10-5-8(7-12)4-9(11)6-10/h4-6,13-14H,2-3H2,1H3. The maximum atomic E-state index is 11.2. The summed E-state index contributed by atoms with van der Waals surface area (Å²) in [5.74, 6) is -0.0160. The van der Waals surface area contributed by atoms with Gasteiger partial charge in [0.15, 0.2) is 0 Å². The van der Waals surface area contributed by atoms with Crippen molar-refractivity contribution in [1.29, 1.82) is 5.26 Å². The molecule has 0 amide bonds. The van der Waals surface area contributed by atoms with Crippen molar-refractivity contribution < 1.29 is 8.42 Å². The van der Waals surface area contributed by atoms with Crippen molar-refractivity contribution in [3.05, 3.63) is 28.2 Å². The molecule has 0 saturated carbocycles. The van der Waals surface area contributed by atoms with Gasteiger partial charge in [-0.1, -0.05) is 15.9 Å². The number of hydrogen-bond donors (Lipinski definition) is 2. The molecule has 0 spiro atoms. The second-order valence-corrected chi connectivity index (χ2v) is 6.25. The second kappa shape index (κ2) is 6.00. The lowest BCUT2D eigenvalue weighted by Gasteiger charge is -2.07. The molecule has 0 bridgehead atoms. The Morgan fingerprint density at radius 1 is 1.41 bits per heavy atom. The minimum atomic E-state index is -3.20. The van der Waals surface area contributed by atoms with Gasteiger partial charge in [0, 0.05) is 16.7 Å². The number of anilines is 1. The van der Waals surface area contributed by atoms with E-state index in [1.807, 2.05) is 6.07 Å². The maximum Gasteiger partial charge on any atom is 0.213 e. The van der Waals surface area contributed by atoms with Crippen LogP contribution in [0.15, 0.2) is 22.7 Å². The summed E-state index contributed by atoms with van der Waals surface area (Å²) < 4.78 is 25.3. The molecule has 0 fully saturated rings. The number of benzene rings is 1. The first-order valence-electron chi connectivity index (χ1n) is 4.82. The molecule has 1 aromatic rings. The quantitative estimate of drug-likeness (QED) is 0.857. The summed E-state index contributed by atoms with van der Waals surface area (Å²) in [6, 6.07) is 7.16. The van der Waals surface area contributed by atoms with Crippen LogP contribution in [0.1, 0.15) is 5.56 Å². The number of rotatable bonds is 5. The minimum Gasteiger partial charge on any atom is -0.384 e. The number of nitrogens with one attached hydrogen (secondary N) is 2. The number of hydrogen-bond acceptors (Lipinski definition) is 4. The smallest absolute Gasteiger partial charge is 0.213 e. The second-order valence-electron chi connectivity index (χ2n) is 3.29. The number of nitrogens with zero attached hydrogens (tertiary/aromatic N) is 1. The molecule has 0 atom stereocenters. The lowest BCUT2D eigenvalue weighted by atomic mass is 10.2. The van der Waals surface area contributed by atoms with E-state index in [0.717, 1.165) is 4.47 Å². The SMILES string of the molecule is CNS(=O)(=O)CCNc1cc(Br)cc(C#N)c1. The van der Waals surface area contributed by atoms with Crippen molar-refractivity contribution >= 4 is 31.6 Å². The molecule has 0 aromatic heterocycles. The molecular formula is C10H12BrN3O2S. The molecule has 0 aliphatic heterocycles. The van der Waals surface area contributed by atoms with Gasteiger partial charge in [-0.15, -0.1) is 0 Å². The summed E-state index contributed by atoms with van der Waals surface area (Å²) in [4.78, 5) is 0. The van der Waals surface area contributed by atoms with E-state index in [2.05, 4.69) is 26.0 Å². The van der Waals surface area contributed by atoms with Gasteiger partial charge >= 0.3 is 0 Å². The Labute approximate surface area is 109 Å². The molecule has 0 aliphatic rings. The van der Waals surface area contributed by atoms with Gasteiger partial charge in [0.05, 0.1) is 17.4 Å². The molecule has 0 aliphatic carbocycles. The first-order valence-corrected chi connectivity index (χ1v) is 7.27. The Hall–Kier alpha value is -1.10. The maximum absolute atomic E-state index is 11.2. The van der Waals surface area contributed by atoms with Crippen LogP contribution in [0.3, 0.4) is 0 Å². The number of sulfonamides is 1. The van der Waals surface area contributed by atoms with Gasteiger partial charge in [-0.2, -0.15) is 5.26 Å². The van der Waals surface area contributed by atoms with Gasteiger partial charge in [0.2, 0.25) is 10.0 Å². The van der Waals surface area contributed by atoms with Crippen LogP contribution in [-0.4, -0.2) is 27.8 Å². The van der Waals surface area contributed by atoms with E-state index in [-0.39, 0.29) is 12.3 Å². The summed E-state index contributed by atoms with van der Waals surface area (Å²) >= 11 is 3.28. The fraction of sp³-hybridized carbons (Fsp3) is 0.300. The van der Waals surface area contributed by atoms with Crippen LogP contribution in [0, 0.1) is 11.3 Å². The van der Waals surface area contributed by atoms with Crippen LogP contribution < -0.4 is 10.0 Å². The Kier molecular flexibility index (Phi) is 4.93. The Morgan fingerprint density at radius 3 is 2.71 bits per heavy atom. The molecule has 92 valence electrons.